The fraction of sp³-hybridized carbons (Fsp3) is 0.462. The number of anilines is 1. The first-order valence-electron chi connectivity index (χ1n) is 5.88. The molecule has 0 radical (unpaired) electrons. The number of nitrogens with zero attached hydrogens (tertiary/aromatic N) is 1. The molecule has 1 aliphatic rings. The van der Waals surface area contributed by atoms with Crippen molar-refractivity contribution < 1.29 is 9.53 Å². The van der Waals surface area contributed by atoms with E-state index in [1.807, 2.05) is 29.2 Å². The maximum absolute atomic E-state index is 11.7. The lowest BCUT2D eigenvalue weighted by Gasteiger charge is -2.16. The maximum Gasteiger partial charge on any atom is 0.228 e. The smallest absolute Gasteiger partial charge is 0.228 e. The van der Waals surface area contributed by atoms with Gasteiger partial charge in [0.2, 0.25) is 5.91 Å². The Morgan fingerprint density at radius 3 is 2.65 bits per heavy atom. The van der Waals surface area contributed by atoms with Crippen LogP contribution in [-0.4, -0.2) is 23.9 Å². The molecule has 1 fully saturated rings. The van der Waals surface area contributed by atoms with Gasteiger partial charge >= 0.3 is 0 Å². The zero-order valence-corrected chi connectivity index (χ0v) is 11.4. The second-order valence-corrected chi connectivity index (χ2v) is 5.44. The highest BCUT2D eigenvalue weighted by Gasteiger charge is 2.28. The lowest BCUT2D eigenvalue weighted by atomic mass is 10.3. The van der Waals surface area contributed by atoms with Crippen molar-refractivity contribution in [2.75, 3.05) is 18.1 Å². The van der Waals surface area contributed by atoms with Gasteiger partial charge in [0.25, 0.3) is 0 Å². The van der Waals surface area contributed by atoms with E-state index in [-0.39, 0.29) is 10.7 Å². The summed E-state index contributed by atoms with van der Waals surface area (Å²) in [4.78, 5) is 13.8. The Balaban J connectivity index is 2.05. The summed E-state index contributed by atoms with van der Waals surface area (Å²) < 4.78 is 5.51. The van der Waals surface area contributed by atoms with E-state index in [0.29, 0.717) is 6.42 Å². The van der Waals surface area contributed by atoms with Crippen LogP contribution in [0.1, 0.15) is 19.8 Å². The second-order valence-electron chi connectivity index (χ2n) is 4.15. The molecule has 0 spiro atoms. The van der Waals surface area contributed by atoms with Gasteiger partial charge in [-0.3, -0.25) is 4.79 Å². The quantitative estimate of drug-likeness (QED) is 0.800. The van der Waals surface area contributed by atoms with E-state index >= 15 is 0 Å². The lowest BCUT2D eigenvalue weighted by Crippen LogP contribution is -2.24. The summed E-state index contributed by atoms with van der Waals surface area (Å²) >= 11 is 3.48. The second kappa shape index (κ2) is 5.54. The van der Waals surface area contributed by atoms with Gasteiger partial charge in [-0.05, 0) is 30.7 Å². The molecule has 0 saturated carbocycles. The highest BCUT2D eigenvalue weighted by molar-refractivity contribution is 9.09. The highest BCUT2D eigenvalue weighted by atomic mass is 79.9. The van der Waals surface area contributed by atoms with Crippen molar-refractivity contribution in [1.82, 2.24) is 0 Å². The summed E-state index contributed by atoms with van der Waals surface area (Å²) in [5, 5.41) is 0. The van der Waals surface area contributed by atoms with E-state index in [2.05, 4.69) is 22.9 Å². The molecule has 1 amide bonds. The van der Waals surface area contributed by atoms with Gasteiger partial charge in [-0.1, -0.05) is 22.9 Å². The van der Waals surface area contributed by atoms with Crippen LogP contribution in [0.5, 0.6) is 5.75 Å². The fourth-order valence-electron chi connectivity index (χ4n) is 1.86. The first-order valence-corrected chi connectivity index (χ1v) is 6.79. The van der Waals surface area contributed by atoms with Gasteiger partial charge in [-0.25, -0.2) is 0 Å². The largest absolute Gasteiger partial charge is 0.494 e. The molecule has 0 bridgehead atoms. The van der Waals surface area contributed by atoms with Crippen LogP contribution in [0.25, 0.3) is 0 Å². The Morgan fingerprint density at radius 1 is 1.41 bits per heavy atom. The van der Waals surface area contributed by atoms with E-state index in [1.54, 1.807) is 0 Å². The van der Waals surface area contributed by atoms with Gasteiger partial charge in [0.1, 0.15) is 5.75 Å². The molecular formula is C13H16BrNO2. The molecule has 1 atom stereocenters. The third-order valence-corrected chi connectivity index (χ3v) is 3.31. The minimum atomic E-state index is 0.175. The average Bonchev–Trinajstić information content (AvgIpc) is 2.66. The monoisotopic (exact) mass is 297 g/mol. The minimum absolute atomic E-state index is 0.175. The number of hydrogen-bond acceptors (Lipinski definition) is 2. The first kappa shape index (κ1) is 12.4. The van der Waals surface area contributed by atoms with Crippen LogP contribution in [0.4, 0.5) is 5.69 Å². The van der Waals surface area contributed by atoms with Gasteiger partial charge in [-0.15, -0.1) is 0 Å². The molecule has 1 saturated heterocycles. The van der Waals surface area contributed by atoms with E-state index in [0.717, 1.165) is 31.0 Å². The number of amides is 1. The maximum atomic E-state index is 11.7. The summed E-state index contributed by atoms with van der Waals surface area (Å²) in [6.07, 6.45) is 1.58. The van der Waals surface area contributed by atoms with Gasteiger partial charge in [0, 0.05) is 23.5 Å². The Morgan fingerprint density at radius 2 is 2.12 bits per heavy atom. The number of benzene rings is 1. The molecular weight excluding hydrogens is 282 g/mol. The highest BCUT2D eigenvalue weighted by Crippen LogP contribution is 2.26. The Labute approximate surface area is 110 Å². The third-order valence-electron chi connectivity index (χ3n) is 2.70. The van der Waals surface area contributed by atoms with Gasteiger partial charge in [0.05, 0.1) is 6.61 Å². The molecule has 0 aliphatic carbocycles. The predicted octanol–water partition coefficient (Wildman–Crippen LogP) is 2.98. The van der Waals surface area contributed by atoms with Crippen molar-refractivity contribution >= 4 is 27.5 Å². The van der Waals surface area contributed by atoms with Crippen LogP contribution < -0.4 is 9.64 Å². The predicted molar refractivity (Wildman–Crippen MR) is 71.9 cm³/mol. The number of hydrogen-bond donors (Lipinski definition) is 0. The third kappa shape index (κ3) is 3.00. The summed E-state index contributed by atoms with van der Waals surface area (Å²) in [5.74, 6) is 1.03. The van der Waals surface area contributed by atoms with E-state index in [4.69, 9.17) is 4.74 Å². The summed E-state index contributed by atoms with van der Waals surface area (Å²) in [6.45, 7) is 3.55. The zero-order chi connectivity index (χ0) is 12.3. The van der Waals surface area contributed by atoms with Crippen molar-refractivity contribution in [3.05, 3.63) is 24.3 Å². The lowest BCUT2D eigenvalue weighted by molar-refractivity contribution is -0.117. The summed E-state index contributed by atoms with van der Waals surface area (Å²) in [6, 6.07) is 7.71. The molecule has 0 aromatic heterocycles. The topological polar surface area (TPSA) is 29.5 Å². The van der Waals surface area contributed by atoms with Crippen molar-refractivity contribution in [2.24, 2.45) is 0 Å². The Kier molecular flexibility index (Phi) is 4.05. The number of carbonyl (C=O) groups is 1. The number of halogens is 1. The summed E-state index contributed by atoms with van der Waals surface area (Å²) in [7, 11) is 0. The van der Waals surface area contributed by atoms with Crippen LogP contribution in [-0.2, 0) is 4.79 Å². The van der Waals surface area contributed by atoms with Crippen LogP contribution in [0.2, 0.25) is 0 Å². The standard InChI is InChI=1S/C13H16BrNO2/c1-2-7-17-12-5-3-11(4-6-12)15-9-10(14)8-13(15)16/h3-6,10H,2,7-9H2,1H3. The number of alkyl halides is 1. The Hall–Kier alpha value is -1.03. The van der Waals surface area contributed by atoms with Crippen molar-refractivity contribution in [3.63, 3.8) is 0 Å². The molecule has 92 valence electrons. The van der Waals surface area contributed by atoms with Crippen molar-refractivity contribution in [3.8, 4) is 5.75 Å². The molecule has 3 nitrogen and oxygen atoms in total. The molecule has 1 aromatic carbocycles. The molecule has 1 aromatic rings. The molecule has 1 aliphatic heterocycles. The SMILES string of the molecule is CCCOc1ccc(N2CC(Br)CC2=O)cc1. The molecule has 17 heavy (non-hydrogen) atoms. The molecule has 0 N–H and O–H groups in total. The van der Waals surface area contributed by atoms with Crippen LogP contribution >= 0.6 is 15.9 Å². The molecule has 1 heterocycles. The normalized spacial score (nSPS) is 19.8. The van der Waals surface area contributed by atoms with Gasteiger partial charge in [-0.2, -0.15) is 0 Å². The average molecular weight is 298 g/mol. The Bertz CT molecular complexity index is 391. The van der Waals surface area contributed by atoms with E-state index in [1.165, 1.54) is 0 Å². The van der Waals surface area contributed by atoms with Crippen LogP contribution in [0.3, 0.4) is 0 Å². The molecule has 2 rings (SSSR count). The zero-order valence-electron chi connectivity index (χ0n) is 9.86. The number of rotatable bonds is 4. The first-order chi connectivity index (χ1) is 8.20. The van der Waals surface area contributed by atoms with Crippen molar-refractivity contribution in [2.45, 2.75) is 24.6 Å². The van der Waals surface area contributed by atoms with Gasteiger partial charge < -0.3 is 9.64 Å². The number of carbonyl (C=O) groups excluding carboxylic acids is 1. The summed E-state index contributed by atoms with van der Waals surface area (Å²) in [5.41, 5.74) is 0.945. The van der Waals surface area contributed by atoms with Gasteiger partial charge in [0.15, 0.2) is 0 Å². The fourth-order valence-corrected chi connectivity index (χ4v) is 2.42. The van der Waals surface area contributed by atoms with Crippen LogP contribution in [0.15, 0.2) is 24.3 Å². The minimum Gasteiger partial charge on any atom is -0.494 e. The van der Waals surface area contributed by atoms with Crippen molar-refractivity contribution in [1.29, 1.82) is 0 Å². The van der Waals surface area contributed by atoms with E-state index in [9.17, 15) is 4.79 Å². The molecule has 4 heteroatoms. The number of ether oxygens (including phenoxy) is 1. The molecule has 1 unspecified atom stereocenters. The van der Waals surface area contributed by atoms with E-state index < -0.39 is 0 Å². The van der Waals surface area contributed by atoms with Crippen LogP contribution in [0, 0.1) is 0 Å².